The largest absolute Gasteiger partial charge is 0.492 e. The van der Waals surface area contributed by atoms with Crippen molar-refractivity contribution < 1.29 is 32.2 Å². The zero-order valence-electron chi connectivity index (χ0n) is 17.3. The molecule has 0 bridgehead atoms. The Labute approximate surface area is 187 Å². The van der Waals surface area contributed by atoms with Crippen LogP contribution in [0, 0.1) is 0 Å². The first-order valence-electron chi connectivity index (χ1n) is 10.4. The molecule has 6 nitrogen and oxygen atoms in total. The van der Waals surface area contributed by atoms with Crippen LogP contribution < -0.4 is 19.1 Å². The summed E-state index contributed by atoms with van der Waals surface area (Å²) in [6, 6.07) is 14.4. The van der Waals surface area contributed by atoms with E-state index < -0.39 is 17.7 Å². The van der Waals surface area contributed by atoms with Gasteiger partial charge < -0.3 is 19.1 Å². The lowest BCUT2D eigenvalue weighted by Crippen LogP contribution is -2.31. The molecule has 0 saturated heterocycles. The topological polar surface area (TPSA) is 60.9 Å². The summed E-state index contributed by atoms with van der Waals surface area (Å²) in [5, 5.41) is 0. The predicted molar refractivity (Wildman–Crippen MR) is 113 cm³/mol. The molecular formula is C24H19F3N2O4. The summed E-state index contributed by atoms with van der Waals surface area (Å²) in [4.78, 5) is 18.5. The molecule has 0 fully saturated rings. The molecule has 5 rings (SSSR count). The van der Waals surface area contributed by atoms with E-state index in [0.29, 0.717) is 41.7 Å². The van der Waals surface area contributed by atoms with Crippen LogP contribution in [0.1, 0.15) is 22.7 Å². The number of carbonyl (C=O) groups is 1. The average Bonchev–Trinajstić information content (AvgIpc) is 3.08. The van der Waals surface area contributed by atoms with Gasteiger partial charge in [-0.15, -0.1) is 0 Å². The Kier molecular flexibility index (Phi) is 5.32. The number of carbonyl (C=O) groups excluding carboxylic acids is 1. The summed E-state index contributed by atoms with van der Waals surface area (Å²) >= 11 is 0. The van der Waals surface area contributed by atoms with Crippen molar-refractivity contribution in [3.05, 3.63) is 77.6 Å². The lowest BCUT2D eigenvalue weighted by molar-refractivity contribution is -0.138. The highest BCUT2D eigenvalue weighted by atomic mass is 19.4. The van der Waals surface area contributed by atoms with Crippen molar-refractivity contribution in [3.8, 4) is 17.2 Å². The maximum Gasteiger partial charge on any atom is 0.418 e. The number of ether oxygens (including phenoxy) is 3. The molecule has 1 atom stereocenters. The fourth-order valence-electron chi connectivity index (χ4n) is 4.06. The van der Waals surface area contributed by atoms with Crippen LogP contribution >= 0.6 is 0 Å². The zero-order chi connectivity index (χ0) is 23.0. The second-order valence-electron chi connectivity index (χ2n) is 7.65. The fraction of sp³-hybridized carbons (Fsp3) is 0.250. The van der Waals surface area contributed by atoms with Gasteiger partial charge in [-0.25, -0.2) is 0 Å². The standard InChI is InChI=1S/C24H19F3N2O4/c25-24(26,27)18-5-3-9-28-19(18)13-29-20-6-2-1-4-16(20)17(23(29)30)14-33-15-7-8-21-22(12-15)32-11-10-31-21/h1-9,12,17H,10-11,13-14H2/t17-/m1/s1. The van der Waals surface area contributed by atoms with Gasteiger partial charge in [-0.1, -0.05) is 18.2 Å². The van der Waals surface area contributed by atoms with Crippen molar-refractivity contribution in [3.63, 3.8) is 0 Å². The van der Waals surface area contributed by atoms with E-state index in [0.717, 1.165) is 6.07 Å². The molecule has 0 unspecified atom stereocenters. The lowest BCUT2D eigenvalue weighted by atomic mass is 10.0. The van der Waals surface area contributed by atoms with E-state index >= 15 is 0 Å². The number of halogens is 3. The third-order valence-corrected chi connectivity index (χ3v) is 5.60. The Morgan fingerprint density at radius 3 is 2.64 bits per heavy atom. The second kappa shape index (κ2) is 8.31. The fourth-order valence-corrected chi connectivity index (χ4v) is 4.06. The van der Waals surface area contributed by atoms with Crippen molar-refractivity contribution in [2.75, 3.05) is 24.7 Å². The molecule has 0 aliphatic carbocycles. The summed E-state index contributed by atoms with van der Waals surface area (Å²) in [6.45, 7) is 0.655. The Balaban J connectivity index is 1.38. The van der Waals surface area contributed by atoms with Crippen molar-refractivity contribution in [1.29, 1.82) is 0 Å². The van der Waals surface area contributed by atoms with Crippen LogP contribution in [0.3, 0.4) is 0 Å². The molecule has 0 N–H and O–H groups in total. The molecule has 3 heterocycles. The zero-order valence-corrected chi connectivity index (χ0v) is 17.3. The van der Waals surface area contributed by atoms with E-state index in [1.165, 1.54) is 17.2 Å². The SMILES string of the molecule is O=C1[C@H](COc2ccc3c(c2)OCCO3)c2ccccc2N1Cc1ncccc1C(F)(F)F. The molecule has 2 aliphatic heterocycles. The van der Waals surface area contributed by atoms with Crippen molar-refractivity contribution in [1.82, 2.24) is 4.98 Å². The molecule has 3 aromatic rings. The maximum absolute atomic E-state index is 13.4. The highest BCUT2D eigenvalue weighted by Gasteiger charge is 2.40. The molecule has 0 saturated carbocycles. The normalized spacial score (nSPS) is 17.1. The van der Waals surface area contributed by atoms with Gasteiger partial charge in [-0.2, -0.15) is 13.2 Å². The van der Waals surface area contributed by atoms with Crippen LogP contribution in [0.2, 0.25) is 0 Å². The summed E-state index contributed by atoms with van der Waals surface area (Å²) in [5.41, 5.74) is 0.189. The first-order valence-corrected chi connectivity index (χ1v) is 10.4. The minimum absolute atomic E-state index is 0.0281. The van der Waals surface area contributed by atoms with E-state index in [4.69, 9.17) is 14.2 Å². The van der Waals surface area contributed by atoms with Crippen LogP contribution in [0.5, 0.6) is 17.2 Å². The molecule has 1 amide bonds. The molecule has 33 heavy (non-hydrogen) atoms. The number of rotatable bonds is 5. The lowest BCUT2D eigenvalue weighted by Gasteiger charge is -2.21. The maximum atomic E-state index is 13.4. The van der Waals surface area contributed by atoms with Gasteiger partial charge in [0.05, 0.1) is 23.7 Å². The minimum Gasteiger partial charge on any atom is -0.492 e. The Morgan fingerprint density at radius 1 is 1.03 bits per heavy atom. The summed E-state index contributed by atoms with van der Waals surface area (Å²) < 4.78 is 57.2. The van der Waals surface area contributed by atoms with Gasteiger partial charge in [0.2, 0.25) is 5.91 Å². The highest BCUT2D eigenvalue weighted by molar-refractivity contribution is 6.05. The van der Waals surface area contributed by atoms with Gasteiger partial charge in [0.1, 0.15) is 25.6 Å². The van der Waals surface area contributed by atoms with Gasteiger partial charge in [-0.05, 0) is 35.9 Å². The van der Waals surface area contributed by atoms with E-state index in [-0.39, 0.29) is 24.8 Å². The van der Waals surface area contributed by atoms with Gasteiger partial charge >= 0.3 is 6.18 Å². The highest BCUT2D eigenvalue weighted by Crippen LogP contribution is 2.40. The molecule has 1 aromatic heterocycles. The van der Waals surface area contributed by atoms with Crippen LogP contribution in [0.25, 0.3) is 0 Å². The molecule has 0 spiro atoms. The number of anilines is 1. The van der Waals surface area contributed by atoms with Gasteiger partial charge in [0, 0.05) is 18.0 Å². The molecule has 170 valence electrons. The third kappa shape index (κ3) is 4.06. The molecule has 9 heteroatoms. The molecule has 2 aromatic carbocycles. The van der Waals surface area contributed by atoms with E-state index in [2.05, 4.69) is 4.98 Å². The number of hydrogen-bond acceptors (Lipinski definition) is 5. The number of pyridine rings is 1. The van der Waals surface area contributed by atoms with E-state index in [1.54, 1.807) is 42.5 Å². The van der Waals surface area contributed by atoms with Crippen molar-refractivity contribution in [2.24, 2.45) is 0 Å². The quantitative estimate of drug-likeness (QED) is 0.563. The third-order valence-electron chi connectivity index (χ3n) is 5.60. The minimum atomic E-state index is -4.56. The number of nitrogens with zero attached hydrogens (tertiary/aromatic N) is 2. The Morgan fingerprint density at radius 2 is 1.82 bits per heavy atom. The van der Waals surface area contributed by atoms with Gasteiger partial charge in [0.15, 0.2) is 11.5 Å². The van der Waals surface area contributed by atoms with Gasteiger partial charge in [0.25, 0.3) is 0 Å². The monoisotopic (exact) mass is 456 g/mol. The second-order valence-corrected chi connectivity index (χ2v) is 7.65. The van der Waals surface area contributed by atoms with Crippen LogP contribution in [0.15, 0.2) is 60.8 Å². The van der Waals surface area contributed by atoms with Crippen LogP contribution in [-0.2, 0) is 17.5 Å². The smallest absolute Gasteiger partial charge is 0.418 e. The van der Waals surface area contributed by atoms with Crippen LogP contribution in [-0.4, -0.2) is 30.7 Å². The number of aromatic nitrogens is 1. The molecule has 2 aliphatic rings. The van der Waals surface area contributed by atoms with Crippen molar-refractivity contribution >= 4 is 11.6 Å². The Bertz CT molecular complexity index is 1200. The number of para-hydroxylation sites is 1. The van der Waals surface area contributed by atoms with E-state index in [9.17, 15) is 18.0 Å². The summed E-state index contributed by atoms with van der Waals surface area (Å²) in [7, 11) is 0. The first-order chi connectivity index (χ1) is 15.9. The Hall–Kier alpha value is -3.75. The summed E-state index contributed by atoms with van der Waals surface area (Å²) in [6.07, 6.45) is -3.27. The van der Waals surface area contributed by atoms with Gasteiger partial charge in [-0.3, -0.25) is 9.78 Å². The number of hydrogen-bond donors (Lipinski definition) is 0. The number of amides is 1. The predicted octanol–water partition coefficient (Wildman–Crippen LogP) is 4.58. The van der Waals surface area contributed by atoms with E-state index in [1.807, 2.05) is 0 Å². The first kappa shape index (κ1) is 21.1. The number of benzene rings is 2. The number of fused-ring (bicyclic) bond motifs is 2. The van der Waals surface area contributed by atoms with Crippen molar-refractivity contribution in [2.45, 2.75) is 18.6 Å². The molecule has 0 radical (unpaired) electrons. The number of alkyl halides is 3. The molecular weight excluding hydrogens is 437 g/mol. The summed E-state index contributed by atoms with van der Waals surface area (Å²) in [5.74, 6) is 0.693. The average molecular weight is 456 g/mol. The van der Waals surface area contributed by atoms with Crippen LogP contribution in [0.4, 0.5) is 18.9 Å².